The molecule has 0 bridgehead atoms. The molecule has 3 aromatic rings. The summed E-state index contributed by atoms with van der Waals surface area (Å²) in [5.41, 5.74) is 5.92. The van der Waals surface area contributed by atoms with Gasteiger partial charge in [-0.15, -0.1) is 0 Å². The van der Waals surface area contributed by atoms with Gasteiger partial charge in [-0.2, -0.15) is 0 Å². The lowest BCUT2D eigenvalue weighted by Crippen LogP contribution is -2.42. The summed E-state index contributed by atoms with van der Waals surface area (Å²) in [6, 6.07) is 13.2. The van der Waals surface area contributed by atoms with Crippen LogP contribution in [-0.4, -0.2) is 21.7 Å². The Morgan fingerprint density at radius 2 is 1.76 bits per heavy atom. The summed E-state index contributed by atoms with van der Waals surface area (Å²) in [6.07, 6.45) is 1.33. The second kappa shape index (κ2) is 6.83. The zero-order chi connectivity index (χ0) is 17.8. The number of nitrogens with zero attached hydrogens (tertiary/aromatic N) is 1. The van der Waals surface area contributed by atoms with Crippen LogP contribution in [0.25, 0.3) is 10.9 Å². The smallest absolute Gasteiger partial charge is 0.273 e. The molecule has 0 atom stereocenters. The lowest BCUT2D eigenvalue weighted by Gasteiger charge is -2.07. The number of hydrogen-bond acceptors (Lipinski definition) is 4. The maximum absolute atomic E-state index is 12.2. The van der Waals surface area contributed by atoms with E-state index in [0.29, 0.717) is 5.56 Å². The summed E-state index contributed by atoms with van der Waals surface area (Å²) >= 11 is 0. The van der Waals surface area contributed by atoms with Crippen molar-refractivity contribution in [3.05, 3.63) is 76.0 Å². The molecule has 3 rings (SSSR count). The standard InChI is InChI=1S/C17H14N4O4/c22-16(9-11-5-1-4-8-15(11)21(24)25)19-20-17(23)13-10-18-14-7-3-2-6-12(13)14/h1-8,10,18H,9H2,(H,19,22)(H,20,23). The predicted octanol–water partition coefficient (Wildman–Crippen LogP) is 2.08. The van der Waals surface area contributed by atoms with Gasteiger partial charge in [-0.25, -0.2) is 0 Å². The van der Waals surface area contributed by atoms with Crippen molar-refractivity contribution in [2.75, 3.05) is 0 Å². The van der Waals surface area contributed by atoms with E-state index in [2.05, 4.69) is 15.8 Å². The van der Waals surface area contributed by atoms with E-state index in [0.717, 1.165) is 10.9 Å². The zero-order valence-electron chi connectivity index (χ0n) is 13.0. The molecule has 0 spiro atoms. The molecule has 8 heteroatoms. The number of H-pyrrole nitrogens is 1. The highest BCUT2D eigenvalue weighted by atomic mass is 16.6. The first-order chi connectivity index (χ1) is 12.1. The molecule has 2 aromatic carbocycles. The Hall–Kier alpha value is -3.68. The molecule has 0 radical (unpaired) electrons. The van der Waals surface area contributed by atoms with Crippen molar-refractivity contribution in [3.8, 4) is 0 Å². The minimum atomic E-state index is -0.553. The van der Waals surface area contributed by atoms with Gasteiger partial charge in [0.25, 0.3) is 11.6 Å². The Morgan fingerprint density at radius 3 is 2.56 bits per heavy atom. The van der Waals surface area contributed by atoms with Crippen molar-refractivity contribution in [3.63, 3.8) is 0 Å². The first-order valence-electron chi connectivity index (χ1n) is 7.44. The third-order valence-electron chi connectivity index (χ3n) is 3.69. The van der Waals surface area contributed by atoms with E-state index >= 15 is 0 Å². The van der Waals surface area contributed by atoms with Gasteiger partial charge in [0.1, 0.15) is 0 Å². The van der Waals surface area contributed by atoms with Crippen molar-refractivity contribution in [1.82, 2.24) is 15.8 Å². The van der Waals surface area contributed by atoms with Crippen molar-refractivity contribution in [1.29, 1.82) is 0 Å². The van der Waals surface area contributed by atoms with Crippen LogP contribution in [0, 0.1) is 10.1 Å². The molecule has 25 heavy (non-hydrogen) atoms. The third-order valence-corrected chi connectivity index (χ3v) is 3.69. The SMILES string of the molecule is O=C(Cc1ccccc1[N+](=O)[O-])NNC(=O)c1c[nH]c2ccccc12. The van der Waals surface area contributed by atoms with Crippen molar-refractivity contribution >= 4 is 28.4 Å². The van der Waals surface area contributed by atoms with Crippen LogP contribution in [0.15, 0.2) is 54.7 Å². The fourth-order valence-electron chi connectivity index (χ4n) is 2.51. The number of nitro benzene ring substituents is 1. The number of hydrogen-bond donors (Lipinski definition) is 3. The van der Waals surface area contributed by atoms with Gasteiger partial charge in [0.05, 0.1) is 16.9 Å². The van der Waals surface area contributed by atoms with Gasteiger partial charge in [0, 0.05) is 28.7 Å². The zero-order valence-corrected chi connectivity index (χ0v) is 13.0. The number of amides is 2. The first-order valence-corrected chi connectivity index (χ1v) is 7.44. The third kappa shape index (κ3) is 3.47. The highest BCUT2D eigenvalue weighted by Gasteiger charge is 2.17. The number of carbonyl (C=O) groups excluding carboxylic acids is 2. The number of rotatable bonds is 4. The second-order valence-electron chi connectivity index (χ2n) is 5.31. The number of benzene rings is 2. The number of nitrogens with one attached hydrogen (secondary N) is 3. The van der Waals surface area contributed by atoms with Crippen LogP contribution in [0.5, 0.6) is 0 Å². The number of carbonyl (C=O) groups is 2. The summed E-state index contributed by atoms with van der Waals surface area (Å²) in [5, 5.41) is 11.7. The molecule has 2 amide bonds. The van der Waals surface area contributed by atoms with Crippen LogP contribution in [0.1, 0.15) is 15.9 Å². The Morgan fingerprint density at radius 1 is 1.04 bits per heavy atom. The molecule has 0 aliphatic carbocycles. The number of para-hydroxylation sites is 2. The van der Waals surface area contributed by atoms with Crippen LogP contribution in [0.2, 0.25) is 0 Å². The molecule has 126 valence electrons. The van der Waals surface area contributed by atoms with E-state index in [1.807, 2.05) is 12.1 Å². The average Bonchev–Trinajstić information content (AvgIpc) is 3.04. The van der Waals surface area contributed by atoms with Gasteiger partial charge >= 0.3 is 0 Å². The van der Waals surface area contributed by atoms with Gasteiger partial charge in [-0.05, 0) is 6.07 Å². The Kier molecular flexibility index (Phi) is 4.42. The quantitative estimate of drug-likeness (QED) is 0.498. The van der Waals surface area contributed by atoms with Crippen LogP contribution in [0.4, 0.5) is 5.69 Å². The fraction of sp³-hybridized carbons (Fsp3) is 0.0588. The van der Waals surface area contributed by atoms with Gasteiger partial charge in [-0.3, -0.25) is 30.6 Å². The van der Waals surface area contributed by atoms with Gasteiger partial charge < -0.3 is 4.98 Å². The number of nitro groups is 1. The molecule has 0 aliphatic rings. The normalized spacial score (nSPS) is 10.4. The van der Waals surface area contributed by atoms with E-state index in [-0.39, 0.29) is 17.7 Å². The topological polar surface area (TPSA) is 117 Å². The van der Waals surface area contributed by atoms with Crippen LogP contribution in [0.3, 0.4) is 0 Å². The largest absolute Gasteiger partial charge is 0.360 e. The van der Waals surface area contributed by atoms with E-state index in [1.54, 1.807) is 24.4 Å². The molecule has 8 nitrogen and oxygen atoms in total. The van der Waals surface area contributed by atoms with E-state index in [9.17, 15) is 19.7 Å². The summed E-state index contributed by atoms with van der Waals surface area (Å²) in [5.74, 6) is -1.03. The molecule has 0 unspecified atom stereocenters. The Bertz CT molecular complexity index is 964. The summed E-state index contributed by atoms with van der Waals surface area (Å²) in [7, 11) is 0. The number of aromatic nitrogens is 1. The van der Waals surface area contributed by atoms with Crippen molar-refractivity contribution in [2.24, 2.45) is 0 Å². The van der Waals surface area contributed by atoms with E-state index in [1.165, 1.54) is 18.2 Å². The number of aromatic amines is 1. The average molecular weight is 338 g/mol. The molecule has 0 saturated heterocycles. The molecule has 1 aromatic heterocycles. The van der Waals surface area contributed by atoms with Crippen LogP contribution < -0.4 is 10.9 Å². The van der Waals surface area contributed by atoms with E-state index < -0.39 is 16.7 Å². The number of hydrazine groups is 1. The maximum atomic E-state index is 12.2. The first kappa shape index (κ1) is 16.2. The lowest BCUT2D eigenvalue weighted by atomic mass is 10.1. The summed E-state index contributed by atoms with van der Waals surface area (Å²) in [6.45, 7) is 0. The van der Waals surface area contributed by atoms with Crippen LogP contribution >= 0.6 is 0 Å². The monoisotopic (exact) mass is 338 g/mol. The Balaban J connectivity index is 1.65. The summed E-state index contributed by atoms with van der Waals surface area (Å²) < 4.78 is 0. The Labute approximate surface area is 142 Å². The molecule has 0 saturated carbocycles. The highest BCUT2D eigenvalue weighted by molar-refractivity contribution is 6.07. The number of fused-ring (bicyclic) bond motifs is 1. The molecule has 0 fully saturated rings. The van der Waals surface area contributed by atoms with Crippen LogP contribution in [-0.2, 0) is 11.2 Å². The molecule has 1 heterocycles. The fourth-order valence-corrected chi connectivity index (χ4v) is 2.51. The molecule has 3 N–H and O–H groups in total. The minimum absolute atomic E-state index is 0.138. The molecule has 0 aliphatic heterocycles. The van der Waals surface area contributed by atoms with E-state index in [4.69, 9.17) is 0 Å². The van der Waals surface area contributed by atoms with Crippen molar-refractivity contribution in [2.45, 2.75) is 6.42 Å². The van der Waals surface area contributed by atoms with Gasteiger partial charge in [-0.1, -0.05) is 36.4 Å². The second-order valence-corrected chi connectivity index (χ2v) is 5.31. The molecular formula is C17H14N4O4. The minimum Gasteiger partial charge on any atom is -0.360 e. The van der Waals surface area contributed by atoms with Gasteiger partial charge in [0.2, 0.25) is 5.91 Å². The summed E-state index contributed by atoms with van der Waals surface area (Å²) in [4.78, 5) is 37.5. The van der Waals surface area contributed by atoms with Crippen molar-refractivity contribution < 1.29 is 14.5 Å². The highest BCUT2D eigenvalue weighted by Crippen LogP contribution is 2.18. The lowest BCUT2D eigenvalue weighted by molar-refractivity contribution is -0.385. The maximum Gasteiger partial charge on any atom is 0.273 e. The molecular weight excluding hydrogens is 324 g/mol. The predicted molar refractivity (Wildman–Crippen MR) is 90.7 cm³/mol. The van der Waals surface area contributed by atoms with Gasteiger partial charge in [0.15, 0.2) is 0 Å².